The van der Waals surface area contributed by atoms with Gasteiger partial charge in [0.1, 0.15) is 0 Å². The molecule has 0 atom stereocenters. The van der Waals surface area contributed by atoms with E-state index in [1.54, 1.807) is 6.20 Å². The van der Waals surface area contributed by atoms with Crippen LogP contribution >= 0.6 is 0 Å². The number of carbonyl (C=O) groups is 1. The minimum atomic E-state index is 0.239. The summed E-state index contributed by atoms with van der Waals surface area (Å²) in [7, 11) is 0. The Kier molecular flexibility index (Phi) is 3.36. The first-order chi connectivity index (χ1) is 9.22. The van der Waals surface area contributed by atoms with Crippen molar-refractivity contribution in [3.8, 4) is 0 Å². The number of fused-ring (bicyclic) bond motifs is 1. The molecule has 2 N–H and O–H groups in total. The topological polar surface area (TPSA) is 72.1 Å². The number of anilines is 1. The number of nitrogens with zero attached hydrogens (tertiary/aromatic N) is 3. The third-order valence-electron chi connectivity index (χ3n) is 4.27. The lowest BCUT2D eigenvalue weighted by molar-refractivity contribution is -0.132. The number of aromatic nitrogens is 2. The van der Waals surface area contributed by atoms with Gasteiger partial charge in [-0.1, -0.05) is 25.7 Å². The minimum Gasteiger partial charge on any atom is -0.368 e. The van der Waals surface area contributed by atoms with Crippen LogP contribution in [0.5, 0.6) is 0 Å². The van der Waals surface area contributed by atoms with Crippen molar-refractivity contribution in [1.82, 2.24) is 14.9 Å². The zero-order valence-electron chi connectivity index (χ0n) is 11.1. The van der Waals surface area contributed by atoms with Crippen molar-refractivity contribution in [2.75, 3.05) is 5.73 Å². The quantitative estimate of drug-likeness (QED) is 0.900. The molecule has 0 radical (unpaired) electrons. The number of carbonyl (C=O) groups excluding carboxylic acids is 1. The van der Waals surface area contributed by atoms with E-state index in [0.29, 0.717) is 25.5 Å². The summed E-state index contributed by atoms with van der Waals surface area (Å²) in [6.45, 7) is 1.23. The van der Waals surface area contributed by atoms with Crippen molar-refractivity contribution >= 4 is 11.9 Å². The maximum absolute atomic E-state index is 12.2. The van der Waals surface area contributed by atoms with E-state index < -0.39 is 0 Å². The van der Waals surface area contributed by atoms with E-state index in [4.69, 9.17) is 5.73 Å². The molecule has 0 saturated heterocycles. The van der Waals surface area contributed by atoms with Gasteiger partial charge in [0, 0.05) is 24.7 Å². The van der Waals surface area contributed by atoms with Gasteiger partial charge in [-0.2, -0.15) is 0 Å². The van der Waals surface area contributed by atoms with E-state index in [2.05, 4.69) is 9.97 Å². The zero-order valence-corrected chi connectivity index (χ0v) is 11.1. The Bertz CT molecular complexity index is 482. The van der Waals surface area contributed by atoms with E-state index in [9.17, 15) is 4.79 Å². The molecule has 1 fully saturated rings. The van der Waals surface area contributed by atoms with Gasteiger partial charge in [0.15, 0.2) is 0 Å². The Labute approximate surface area is 113 Å². The van der Waals surface area contributed by atoms with Crippen LogP contribution in [0.1, 0.15) is 49.8 Å². The molecule has 5 nitrogen and oxygen atoms in total. The highest BCUT2D eigenvalue weighted by molar-refractivity contribution is 5.76. The Morgan fingerprint density at radius 1 is 1.37 bits per heavy atom. The predicted molar refractivity (Wildman–Crippen MR) is 71.9 cm³/mol. The van der Waals surface area contributed by atoms with Crippen LogP contribution in [0.3, 0.4) is 0 Å². The van der Waals surface area contributed by atoms with E-state index in [-0.39, 0.29) is 5.91 Å². The highest BCUT2D eigenvalue weighted by Gasteiger charge is 2.25. The van der Waals surface area contributed by atoms with Crippen LogP contribution in [-0.2, 0) is 17.9 Å². The number of hydrogen-bond donors (Lipinski definition) is 1. The van der Waals surface area contributed by atoms with E-state index in [0.717, 1.165) is 23.6 Å². The summed E-state index contributed by atoms with van der Waals surface area (Å²) >= 11 is 0. The molecule has 102 valence electrons. The van der Waals surface area contributed by atoms with Gasteiger partial charge in [0.2, 0.25) is 11.9 Å². The third kappa shape index (κ3) is 2.69. The summed E-state index contributed by atoms with van der Waals surface area (Å²) in [5, 5.41) is 0. The molecule has 1 amide bonds. The van der Waals surface area contributed by atoms with Crippen LogP contribution in [0.25, 0.3) is 0 Å². The summed E-state index contributed by atoms with van der Waals surface area (Å²) in [6.07, 6.45) is 8.72. The van der Waals surface area contributed by atoms with E-state index in [1.165, 1.54) is 25.7 Å². The molecule has 0 spiro atoms. The van der Waals surface area contributed by atoms with Crippen molar-refractivity contribution in [3.05, 3.63) is 17.5 Å². The Morgan fingerprint density at radius 2 is 2.16 bits per heavy atom. The van der Waals surface area contributed by atoms with Crippen LogP contribution in [0.4, 0.5) is 5.95 Å². The second kappa shape index (κ2) is 5.15. The Balaban J connectivity index is 1.55. The molecule has 3 rings (SSSR count). The lowest BCUT2D eigenvalue weighted by Crippen LogP contribution is -2.25. The SMILES string of the molecule is Nc1ncc2c(n1)CN(C(=O)CCC1CCCC1)C2. The molecule has 0 unspecified atom stereocenters. The lowest BCUT2D eigenvalue weighted by Gasteiger charge is -2.16. The maximum atomic E-state index is 12.2. The van der Waals surface area contributed by atoms with Gasteiger partial charge in [0.25, 0.3) is 0 Å². The number of nitrogens with two attached hydrogens (primary N) is 1. The number of hydrogen-bond acceptors (Lipinski definition) is 4. The average Bonchev–Trinajstić information content (AvgIpc) is 3.04. The molecular weight excluding hydrogens is 240 g/mol. The van der Waals surface area contributed by atoms with Crippen molar-refractivity contribution in [3.63, 3.8) is 0 Å². The second-order valence-electron chi connectivity index (χ2n) is 5.64. The number of amides is 1. The van der Waals surface area contributed by atoms with Crippen molar-refractivity contribution in [2.24, 2.45) is 5.92 Å². The molecule has 1 saturated carbocycles. The Hall–Kier alpha value is -1.65. The van der Waals surface area contributed by atoms with Crippen molar-refractivity contribution in [1.29, 1.82) is 0 Å². The molecule has 1 aliphatic carbocycles. The van der Waals surface area contributed by atoms with Crippen LogP contribution in [0.2, 0.25) is 0 Å². The molecule has 1 aromatic heterocycles. The summed E-state index contributed by atoms with van der Waals surface area (Å²) < 4.78 is 0. The van der Waals surface area contributed by atoms with Gasteiger partial charge < -0.3 is 10.6 Å². The molecule has 2 heterocycles. The predicted octanol–water partition coefficient (Wildman–Crippen LogP) is 1.87. The highest BCUT2D eigenvalue weighted by atomic mass is 16.2. The van der Waals surface area contributed by atoms with Gasteiger partial charge in [-0.25, -0.2) is 9.97 Å². The van der Waals surface area contributed by atoms with Crippen LogP contribution in [0, 0.1) is 5.92 Å². The molecule has 0 bridgehead atoms. The fraction of sp³-hybridized carbons (Fsp3) is 0.643. The normalized spacial score (nSPS) is 18.8. The zero-order chi connectivity index (χ0) is 13.2. The van der Waals surface area contributed by atoms with Gasteiger partial charge in [0.05, 0.1) is 12.2 Å². The first-order valence-electron chi connectivity index (χ1n) is 7.10. The summed E-state index contributed by atoms with van der Waals surface area (Å²) in [6, 6.07) is 0. The van der Waals surface area contributed by atoms with Gasteiger partial charge >= 0.3 is 0 Å². The lowest BCUT2D eigenvalue weighted by atomic mass is 10.0. The first-order valence-corrected chi connectivity index (χ1v) is 7.10. The van der Waals surface area contributed by atoms with Gasteiger partial charge in [-0.15, -0.1) is 0 Å². The first kappa shape index (κ1) is 12.4. The fourth-order valence-corrected chi connectivity index (χ4v) is 3.13. The molecular formula is C14H20N4O. The van der Waals surface area contributed by atoms with Crippen LogP contribution in [-0.4, -0.2) is 20.8 Å². The second-order valence-corrected chi connectivity index (χ2v) is 5.64. The molecule has 1 aliphatic heterocycles. The monoisotopic (exact) mass is 260 g/mol. The van der Waals surface area contributed by atoms with Crippen LogP contribution < -0.4 is 5.73 Å². The fourth-order valence-electron chi connectivity index (χ4n) is 3.13. The standard InChI is InChI=1S/C14H20N4O/c15-14-16-7-11-8-18(9-12(11)17-14)13(19)6-5-10-3-1-2-4-10/h7,10H,1-6,8-9H2,(H2,15,16,17). The average molecular weight is 260 g/mol. The molecule has 19 heavy (non-hydrogen) atoms. The number of nitrogen functional groups attached to an aromatic ring is 1. The molecule has 0 aromatic carbocycles. The van der Waals surface area contributed by atoms with E-state index >= 15 is 0 Å². The minimum absolute atomic E-state index is 0.239. The van der Waals surface area contributed by atoms with Crippen molar-refractivity contribution in [2.45, 2.75) is 51.6 Å². The summed E-state index contributed by atoms with van der Waals surface area (Å²) in [4.78, 5) is 22.2. The Morgan fingerprint density at radius 3 is 2.95 bits per heavy atom. The van der Waals surface area contributed by atoms with Crippen molar-refractivity contribution < 1.29 is 4.79 Å². The van der Waals surface area contributed by atoms with Gasteiger partial charge in [-0.05, 0) is 12.3 Å². The van der Waals surface area contributed by atoms with E-state index in [1.807, 2.05) is 4.90 Å². The summed E-state index contributed by atoms with van der Waals surface area (Å²) in [5.74, 6) is 1.30. The highest BCUT2D eigenvalue weighted by Crippen LogP contribution is 2.29. The molecule has 1 aromatic rings. The summed E-state index contributed by atoms with van der Waals surface area (Å²) in [5.41, 5.74) is 7.50. The van der Waals surface area contributed by atoms with Crippen LogP contribution in [0.15, 0.2) is 6.20 Å². The molecule has 2 aliphatic rings. The maximum Gasteiger partial charge on any atom is 0.223 e. The number of rotatable bonds is 3. The molecule has 5 heteroatoms. The third-order valence-corrected chi connectivity index (χ3v) is 4.27. The van der Waals surface area contributed by atoms with Gasteiger partial charge in [-0.3, -0.25) is 4.79 Å². The smallest absolute Gasteiger partial charge is 0.223 e. The largest absolute Gasteiger partial charge is 0.368 e.